The van der Waals surface area contributed by atoms with Gasteiger partial charge in [0.15, 0.2) is 0 Å². The van der Waals surface area contributed by atoms with Crippen LogP contribution in [0.1, 0.15) is 109 Å². The highest BCUT2D eigenvalue weighted by molar-refractivity contribution is 6.02. The molecule has 19 heteroatoms. The summed E-state index contributed by atoms with van der Waals surface area (Å²) in [5, 5.41) is 13.9. The number of carbonyl (C=O) groups excluding carboxylic acids is 4. The molecule has 4 aromatic heterocycles. The smallest absolute Gasteiger partial charge is 0.408 e. The quantitative estimate of drug-likeness (QED) is 0.120. The molecule has 0 unspecified atom stereocenters. The standard InChI is InChI=1S/C28H22N4O4.C22H23N3O4.C11H9NO3.3CH4/c1-32-24-15-20(9-10-21-8-5-13-29-16-21)11-12-25(24)35-18-23(28(32)34)31-26(33)27-30-17-22(36-27)14-19-6-3-2-4-7-19;1-22(2,3)29-21(27)24-17-14-28-19-10-9-15(12-18(19)25(4)20(17)26)7-8-16-6-5-11-23-13-16;13-11(14)10-12-7-9(15-10)6-8-4-2-1-3-5-8;;;/h2-8,11-13,15-17,23H,14,18H2,1H3,(H,31,33);5-6,9-13,17H,14H2,1-4H3,(H,24,27);1-5,7H,6H2,(H,13,14);3*1H4/t23-;17-;;;;/m00..../s1. The molecule has 4 amide bonds. The van der Waals surface area contributed by atoms with Gasteiger partial charge in [-0.25, -0.2) is 19.6 Å². The van der Waals surface area contributed by atoms with Gasteiger partial charge in [-0.15, -0.1) is 0 Å². The average molecular weight is 1120 g/mol. The highest BCUT2D eigenvalue weighted by Crippen LogP contribution is 2.33. The largest absolute Gasteiger partial charge is 0.489 e. The predicted octanol–water partition coefficient (Wildman–Crippen LogP) is 9.82. The summed E-state index contributed by atoms with van der Waals surface area (Å²) >= 11 is 0. The molecule has 0 bridgehead atoms. The van der Waals surface area contributed by atoms with Crippen molar-refractivity contribution < 1.29 is 52.1 Å². The third kappa shape index (κ3) is 18.0. The number of carboxylic acid groups (broad SMARTS) is 1. The van der Waals surface area contributed by atoms with Crippen molar-refractivity contribution in [1.29, 1.82) is 0 Å². The van der Waals surface area contributed by atoms with Crippen molar-refractivity contribution in [1.82, 2.24) is 30.6 Å². The second-order valence-electron chi connectivity index (χ2n) is 18.9. The van der Waals surface area contributed by atoms with Gasteiger partial charge in [0.1, 0.15) is 53.9 Å². The molecule has 3 N–H and O–H groups in total. The number of hydrogen-bond acceptors (Lipinski definition) is 14. The Morgan fingerprint density at radius 3 is 1.45 bits per heavy atom. The molecule has 428 valence electrons. The van der Waals surface area contributed by atoms with Crippen LogP contribution in [0.5, 0.6) is 11.5 Å². The van der Waals surface area contributed by atoms with Crippen LogP contribution in [0.3, 0.4) is 0 Å². The monoisotopic (exact) mass is 1120 g/mol. The minimum Gasteiger partial charge on any atom is -0.489 e. The molecule has 83 heavy (non-hydrogen) atoms. The van der Waals surface area contributed by atoms with E-state index in [-0.39, 0.29) is 59.1 Å². The maximum atomic E-state index is 13.1. The Balaban J connectivity index is 0.000000241. The van der Waals surface area contributed by atoms with Crippen molar-refractivity contribution in [2.75, 3.05) is 37.1 Å². The lowest BCUT2D eigenvalue weighted by molar-refractivity contribution is -0.121. The van der Waals surface area contributed by atoms with E-state index in [2.05, 4.69) is 54.3 Å². The number of hydrogen-bond donors (Lipinski definition) is 3. The number of carboxylic acids is 1. The number of rotatable bonds is 8. The van der Waals surface area contributed by atoms with Crippen molar-refractivity contribution >= 4 is 41.2 Å². The molecule has 8 aromatic rings. The number of ether oxygens (including phenoxy) is 3. The van der Waals surface area contributed by atoms with Gasteiger partial charge in [-0.05, 0) is 92.6 Å². The SMILES string of the molecule is C.C.C.CN1C(=O)[C@@H](NC(=O)OC(C)(C)C)COc2ccc(C#Cc3cccnc3)cc21.CN1C(=O)[C@@H](NC(=O)c2ncc(Cc3ccccc3)o2)COc2ccc(C#Cc3cccnc3)cc21.O=C(O)c1ncc(Cc2ccccc2)o1. The van der Waals surface area contributed by atoms with E-state index in [1.807, 2.05) is 97.1 Å². The molecular weight excluding hydrogens is 1060 g/mol. The number of oxazole rings is 2. The van der Waals surface area contributed by atoms with Crippen LogP contribution in [0.15, 0.2) is 167 Å². The number of benzene rings is 4. The molecule has 0 spiro atoms. The number of fused-ring (bicyclic) bond motifs is 2. The van der Waals surface area contributed by atoms with Gasteiger partial charge in [0.25, 0.3) is 17.7 Å². The number of aromatic nitrogens is 4. The van der Waals surface area contributed by atoms with Crippen LogP contribution in [-0.2, 0) is 27.2 Å². The first-order valence-corrected chi connectivity index (χ1v) is 25.0. The summed E-state index contributed by atoms with van der Waals surface area (Å²) in [6, 6.07) is 35.7. The number of likely N-dealkylation sites (N-methyl/N-ethyl adjacent to an activating group) is 2. The van der Waals surface area contributed by atoms with Gasteiger partial charge in [-0.3, -0.25) is 24.4 Å². The van der Waals surface area contributed by atoms with Gasteiger partial charge in [0.2, 0.25) is 0 Å². The third-order valence-corrected chi connectivity index (χ3v) is 11.7. The molecule has 19 nitrogen and oxygen atoms in total. The first kappa shape index (κ1) is 63.3. The fraction of sp³-hybridized carbons (Fsp3) is 0.234. The van der Waals surface area contributed by atoms with Gasteiger partial charge in [0, 0.05) is 74.0 Å². The van der Waals surface area contributed by atoms with E-state index in [9.17, 15) is 24.0 Å². The van der Waals surface area contributed by atoms with Gasteiger partial charge in [-0.1, -0.05) is 107 Å². The van der Waals surface area contributed by atoms with E-state index in [1.54, 1.807) is 83.9 Å². The second-order valence-corrected chi connectivity index (χ2v) is 18.9. The Morgan fingerprint density at radius 2 is 1.02 bits per heavy atom. The Morgan fingerprint density at radius 1 is 0.590 bits per heavy atom. The number of pyridine rings is 2. The number of nitrogens with one attached hydrogen (secondary N) is 2. The normalized spacial score (nSPS) is 13.7. The van der Waals surface area contributed by atoms with Gasteiger partial charge in [0.05, 0.1) is 23.8 Å². The lowest BCUT2D eigenvalue weighted by Gasteiger charge is -2.23. The van der Waals surface area contributed by atoms with Crippen molar-refractivity contribution in [3.05, 3.63) is 215 Å². The summed E-state index contributed by atoms with van der Waals surface area (Å²) in [7, 11) is 3.27. The van der Waals surface area contributed by atoms with Crippen LogP contribution in [0, 0.1) is 23.7 Å². The van der Waals surface area contributed by atoms with Gasteiger partial charge < -0.3 is 48.6 Å². The highest BCUT2D eigenvalue weighted by atomic mass is 16.6. The van der Waals surface area contributed by atoms with Crippen molar-refractivity contribution in [3.8, 4) is 35.2 Å². The zero-order chi connectivity index (χ0) is 56.6. The van der Waals surface area contributed by atoms with Crippen LogP contribution >= 0.6 is 0 Å². The van der Waals surface area contributed by atoms with Crippen LogP contribution in [-0.4, -0.2) is 99.8 Å². The zero-order valence-corrected chi connectivity index (χ0v) is 44.2. The van der Waals surface area contributed by atoms with E-state index >= 15 is 0 Å². The number of amides is 4. The maximum absolute atomic E-state index is 13.1. The molecule has 2 aliphatic heterocycles. The number of alkyl carbamates (subject to hydrolysis) is 1. The summed E-state index contributed by atoms with van der Waals surface area (Å²) in [5.74, 6) is 11.7. The lowest BCUT2D eigenvalue weighted by atomic mass is 10.1. The fourth-order valence-electron chi connectivity index (χ4n) is 7.77. The summed E-state index contributed by atoms with van der Waals surface area (Å²) in [5.41, 5.74) is 5.62. The molecule has 0 saturated heterocycles. The van der Waals surface area contributed by atoms with Gasteiger partial charge >= 0.3 is 23.9 Å². The summed E-state index contributed by atoms with van der Waals surface area (Å²) in [6.45, 7) is 5.26. The summed E-state index contributed by atoms with van der Waals surface area (Å²) in [4.78, 5) is 80.0. The first-order chi connectivity index (χ1) is 38.5. The van der Waals surface area contributed by atoms with Crippen molar-refractivity contribution in [2.45, 2.75) is 73.6 Å². The third-order valence-electron chi connectivity index (χ3n) is 11.7. The molecule has 0 radical (unpaired) electrons. The minimum absolute atomic E-state index is 0. The molecular formula is C64H66N8O11. The minimum atomic E-state index is -1.14. The van der Waals surface area contributed by atoms with E-state index < -0.39 is 35.7 Å². The van der Waals surface area contributed by atoms with Crippen LogP contribution < -0.4 is 29.9 Å². The molecule has 6 heterocycles. The first-order valence-electron chi connectivity index (χ1n) is 25.0. The van der Waals surface area contributed by atoms with E-state index in [0.717, 1.165) is 27.8 Å². The molecule has 0 aliphatic carbocycles. The van der Waals surface area contributed by atoms with Crippen LogP contribution in [0.4, 0.5) is 16.2 Å². The van der Waals surface area contributed by atoms with E-state index in [0.29, 0.717) is 52.8 Å². The van der Waals surface area contributed by atoms with Gasteiger partial charge in [-0.2, -0.15) is 0 Å². The maximum Gasteiger partial charge on any atom is 0.408 e. The Bertz CT molecular complexity index is 3600. The summed E-state index contributed by atoms with van der Waals surface area (Å²) < 4.78 is 27.5. The highest BCUT2D eigenvalue weighted by Gasteiger charge is 2.33. The van der Waals surface area contributed by atoms with Crippen molar-refractivity contribution in [3.63, 3.8) is 0 Å². The molecule has 2 atom stereocenters. The lowest BCUT2D eigenvalue weighted by Crippen LogP contribution is -2.50. The van der Waals surface area contributed by atoms with E-state index in [4.69, 9.17) is 28.2 Å². The average Bonchev–Trinajstić information content (AvgIpc) is 4.31. The molecule has 4 aromatic carbocycles. The molecule has 2 aliphatic rings. The van der Waals surface area contributed by atoms with Crippen molar-refractivity contribution in [2.24, 2.45) is 0 Å². The Hall–Kier alpha value is -10.5. The zero-order valence-electron chi connectivity index (χ0n) is 44.2. The number of nitrogens with zero attached hydrogens (tertiary/aromatic N) is 6. The van der Waals surface area contributed by atoms with E-state index in [1.165, 1.54) is 22.2 Å². The molecule has 10 rings (SSSR count). The number of carbonyl (C=O) groups is 5. The van der Waals surface area contributed by atoms with Crippen LogP contribution in [0.2, 0.25) is 0 Å². The Labute approximate surface area is 483 Å². The number of anilines is 2. The summed E-state index contributed by atoms with van der Waals surface area (Å²) in [6.07, 6.45) is 10.1. The topological polar surface area (TPSA) is 242 Å². The predicted molar refractivity (Wildman–Crippen MR) is 314 cm³/mol. The van der Waals surface area contributed by atoms with Crippen LogP contribution in [0.25, 0.3) is 0 Å². The second kappa shape index (κ2) is 29.6. The Kier molecular flexibility index (Phi) is 22.6. The molecule has 0 fully saturated rings. The molecule has 0 saturated carbocycles. The number of aromatic carboxylic acids is 1. The fourth-order valence-corrected chi connectivity index (χ4v) is 7.77.